The van der Waals surface area contributed by atoms with Gasteiger partial charge in [0.15, 0.2) is 6.29 Å². The molecule has 1 heterocycles. The molecule has 3 atom stereocenters. The molecule has 0 bridgehead atoms. The molecule has 0 radical (unpaired) electrons. The van der Waals surface area contributed by atoms with Crippen molar-refractivity contribution in [3.63, 3.8) is 0 Å². The molecule has 8 heteroatoms. The van der Waals surface area contributed by atoms with Gasteiger partial charge in [-0.2, -0.15) is 0 Å². The van der Waals surface area contributed by atoms with Crippen molar-refractivity contribution < 1.29 is 9.47 Å². The highest BCUT2D eigenvalue weighted by molar-refractivity contribution is 5.04. The zero-order valence-electron chi connectivity index (χ0n) is 9.67. The number of azide groups is 2. The highest BCUT2D eigenvalue weighted by Gasteiger charge is 2.26. The Bertz CT molecular complexity index is 370. The van der Waals surface area contributed by atoms with E-state index < -0.39 is 18.4 Å². The first-order chi connectivity index (χ1) is 8.17. The van der Waals surface area contributed by atoms with E-state index in [1.165, 1.54) is 0 Å². The second-order valence-corrected chi connectivity index (χ2v) is 3.72. The van der Waals surface area contributed by atoms with Gasteiger partial charge >= 0.3 is 0 Å². The molecule has 0 aromatic carbocycles. The molecule has 0 saturated carbocycles. The Kier molecular flexibility index (Phi) is 5.32. The van der Waals surface area contributed by atoms with Crippen LogP contribution < -0.4 is 0 Å². The zero-order chi connectivity index (χ0) is 12.7. The minimum absolute atomic E-state index is 0.0146. The highest BCUT2D eigenvalue weighted by atomic mass is 16.7. The summed E-state index contributed by atoms with van der Waals surface area (Å²) in [5.74, 6) is 0. The van der Waals surface area contributed by atoms with Gasteiger partial charge in [-0.05, 0) is 31.0 Å². The van der Waals surface area contributed by atoms with E-state index in [0.29, 0.717) is 0 Å². The van der Waals surface area contributed by atoms with Gasteiger partial charge in [-0.1, -0.05) is 16.3 Å². The molecule has 0 N–H and O–H groups in total. The van der Waals surface area contributed by atoms with Crippen LogP contribution in [0.2, 0.25) is 0 Å². The van der Waals surface area contributed by atoms with E-state index in [0.717, 1.165) is 0 Å². The molecular formula is C9H14N6O2. The van der Waals surface area contributed by atoms with E-state index in [9.17, 15) is 0 Å². The molecule has 92 valence electrons. The van der Waals surface area contributed by atoms with Crippen LogP contribution in [0, 0.1) is 0 Å². The van der Waals surface area contributed by atoms with Crippen LogP contribution in [0.15, 0.2) is 22.4 Å². The van der Waals surface area contributed by atoms with Crippen LogP contribution in [0.1, 0.15) is 13.8 Å². The summed E-state index contributed by atoms with van der Waals surface area (Å²) in [7, 11) is 0. The maximum Gasteiger partial charge on any atom is 0.177 e. The largest absolute Gasteiger partial charge is 0.346 e. The van der Waals surface area contributed by atoms with Gasteiger partial charge in [0.25, 0.3) is 0 Å². The summed E-state index contributed by atoms with van der Waals surface area (Å²) in [4.78, 5) is 5.38. The summed E-state index contributed by atoms with van der Waals surface area (Å²) in [6.45, 7) is 3.88. The molecule has 0 fully saturated rings. The molecule has 0 aromatic heterocycles. The molecule has 0 aromatic rings. The summed E-state index contributed by atoms with van der Waals surface area (Å²) < 4.78 is 11.0. The van der Waals surface area contributed by atoms with E-state index >= 15 is 0 Å². The predicted octanol–water partition coefficient (Wildman–Crippen LogP) is 2.68. The highest BCUT2D eigenvalue weighted by Crippen LogP contribution is 2.18. The Hall–Kier alpha value is -1.72. The third kappa shape index (κ3) is 4.34. The van der Waals surface area contributed by atoms with Crippen molar-refractivity contribution in [1.29, 1.82) is 0 Å². The lowest BCUT2D eigenvalue weighted by Crippen LogP contribution is -2.38. The van der Waals surface area contributed by atoms with Gasteiger partial charge in [0.05, 0.1) is 24.8 Å². The topological polar surface area (TPSA) is 116 Å². The maximum atomic E-state index is 8.41. The molecule has 0 unspecified atom stereocenters. The van der Waals surface area contributed by atoms with E-state index in [2.05, 4.69) is 20.1 Å². The third-order valence-electron chi connectivity index (χ3n) is 2.07. The maximum absolute atomic E-state index is 8.41. The molecule has 1 rings (SSSR count). The van der Waals surface area contributed by atoms with Crippen molar-refractivity contribution in [2.24, 2.45) is 10.2 Å². The molecule has 17 heavy (non-hydrogen) atoms. The first kappa shape index (κ1) is 13.3. The fourth-order valence-corrected chi connectivity index (χ4v) is 1.41. The molecule has 8 nitrogen and oxygen atoms in total. The lowest BCUT2D eigenvalue weighted by Gasteiger charge is -2.29. The van der Waals surface area contributed by atoms with Gasteiger partial charge in [0, 0.05) is 9.82 Å². The fraction of sp³-hybridized carbons (Fsp3) is 0.778. The van der Waals surface area contributed by atoms with Crippen molar-refractivity contribution in [3.8, 4) is 0 Å². The Morgan fingerprint density at radius 3 is 2.71 bits per heavy atom. The quantitative estimate of drug-likeness (QED) is 0.317. The van der Waals surface area contributed by atoms with Crippen LogP contribution in [0.5, 0.6) is 0 Å². The number of rotatable bonds is 5. The SMILES string of the molecule is CC(C)O[C@@H]1C=C[C@@H](N=[N+]=[N-])[C@@H](CN=[N+]=[N-])O1. The van der Waals surface area contributed by atoms with Crippen molar-refractivity contribution >= 4 is 0 Å². The second-order valence-electron chi connectivity index (χ2n) is 3.72. The summed E-state index contributed by atoms with van der Waals surface area (Å²) in [5.41, 5.74) is 16.7. The van der Waals surface area contributed by atoms with Crippen LogP contribution in [-0.4, -0.2) is 31.1 Å². The van der Waals surface area contributed by atoms with Gasteiger partial charge in [0.1, 0.15) is 0 Å². The minimum atomic E-state index is -0.501. The number of hydrogen-bond acceptors (Lipinski definition) is 4. The molecule has 1 aliphatic rings. The molecule has 0 aliphatic carbocycles. The lowest BCUT2D eigenvalue weighted by molar-refractivity contribution is -0.165. The van der Waals surface area contributed by atoms with Crippen LogP contribution in [-0.2, 0) is 9.47 Å². The van der Waals surface area contributed by atoms with Gasteiger partial charge in [-0.3, -0.25) is 0 Å². The number of nitrogens with zero attached hydrogens (tertiary/aromatic N) is 6. The van der Waals surface area contributed by atoms with Gasteiger partial charge < -0.3 is 9.47 Å². The van der Waals surface area contributed by atoms with Gasteiger partial charge in [-0.15, -0.1) is 0 Å². The Balaban J connectivity index is 2.72. The Morgan fingerprint density at radius 2 is 2.12 bits per heavy atom. The molecular weight excluding hydrogens is 224 g/mol. The average molecular weight is 238 g/mol. The van der Waals surface area contributed by atoms with E-state index in [1.807, 2.05) is 13.8 Å². The minimum Gasteiger partial charge on any atom is -0.346 e. The standard InChI is InChI=1S/C9H14N6O2/c1-6(2)16-9-4-3-7(13-15-11)8(17-9)5-12-14-10/h3-4,6-9H,5H2,1-2H3/t7-,8-,9+/m1/s1. The summed E-state index contributed by atoms with van der Waals surface area (Å²) in [6, 6.07) is -0.475. The van der Waals surface area contributed by atoms with Crippen LogP contribution in [0.3, 0.4) is 0 Å². The first-order valence-electron chi connectivity index (χ1n) is 5.21. The number of hydrogen-bond donors (Lipinski definition) is 0. The van der Waals surface area contributed by atoms with Crippen molar-refractivity contribution in [2.45, 2.75) is 38.4 Å². The monoisotopic (exact) mass is 238 g/mol. The Labute approximate surface area is 98.5 Å². The average Bonchev–Trinajstić information content (AvgIpc) is 2.28. The van der Waals surface area contributed by atoms with Gasteiger partial charge in [-0.25, -0.2) is 0 Å². The molecule has 0 saturated heterocycles. The normalized spacial score (nSPS) is 27.4. The summed E-state index contributed by atoms with van der Waals surface area (Å²) in [6.07, 6.45) is 2.41. The molecule has 0 spiro atoms. The number of ether oxygens (including phenoxy) is 2. The summed E-state index contributed by atoms with van der Waals surface area (Å²) >= 11 is 0. The van der Waals surface area contributed by atoms with Crippen molar-refractivity contribution in [2.75, 3.05) is 6.54 Å². The van der Waals surface area contributed by atoms with Crippen LogP contribution in [0.25, 0.3) is 20.9 Å². The smallest absolute Gasteiger partial charge is 0.177 e. The van der Waals surface area contributed by atoms with E-state index in [1.54, 1.807) is 12.2 Å². The van der Waals surface area contributed by atoms with Crippen LogP contribution in [0.4, 0.5) is 0 Å². The first-order valence-corrected chi connectivity index (χ1v) is 5.21. The third-order valence-corrected chi connectivity index (χ3v) is 2.07. The van der Waals surface area contributed by atoms with Crippen molar-refractivity contribution in [3.05, 3.63) is 33.0 Å². The molecule has 1 aliphatic heterocycles. The van der Waals surface area contributed by atoms with Crippen molar-refractivity contribution in [1.82, 2.24) is 0 Å². The van der Waals surface area contributed by atoms with Crippen LogP contribution >= 0.6 is 0 Å². The Morgan fingerprint density at radius 1 is 1.35 bits per heavy atom. The second kappa shape index (κ2) is 6.78. The van der Waals surface area contributed by atoms with E-state index in [-0.39, 0.29) is 12.6 Å². The van der Waals surface area contributed by atoms with Gasteiger partial charge in [0.2, 0.25) is 0 Å². The lowest BCUT2D eigenvalue weighted by atomic mass is 10.1. The molecule has 0 amide bonds. The fourth-order valence-electron chi connectivity index (χ4n) is 1.41. The van der Waals surface area contributed by atoms with E-state index in [4.69, 9.17) is 20.5 Å². The predicted molar refractivity (Wildman–Crippen MR) is 61.0 cm³/mol. The summed E-state index contributed by atoms with van der Waals surface area (Å²) in [5, 5.41) is 6.99. The zero-order valence-corrected chi connectivity index (χ0v) is 9.67.